The minimum Gasteiger partial charge on any atom is -0.338 e. The van der Waals surface area contributed by atoms with Gasteiger partial charge in [0.15, 0.2) is 5.16 Å². The number of urea groups is 1. The van der Waals surface area contributed by atoms with Crippen LogP contribution in [0.15, 0.2) is 63.3 Å². The summed E-state index contributed by atoms with van der Waals surface area (Å²) in [5, 5.41) is 14.6. The van der Waals surface area contributed by atoms with Crippen molar-refractivity contribution in [1.29, 1.82) is 0 Å². The van der Waals surface area contributed by atoms with E-state index in [4.69, 9.17) is 0 Å². The van der Waals surface area contributed by atoms with E-state index < -0.39 is 0 Å². The predicted octanol–water partition coefficient (Wildman–Crippen LogP) is 4.91. The molecule has 0 radical (unpaired) electrons. The molecule has 2 N–H and O–H groups in total. The molecule has 2 aromatic carbocycles. The maximum Gasteiger partial charge on any atom is 0.319 e. The number of benzene rings is 2. The van der Waals surface area contributed by atoms with E-state index in [-0.39, 0.29) is 11.8 Å². The van der Waals surface area contributed by atoms with Crippen molar-refractivity contribution in [2.45, 2.75) is 29.9 Å². The van der Waals surface area contributed by atoms with E-state index in [9.17, 15) is 9.18 Å². The average molecular weight is 464 g/mol. The molecule has 0 saturated carbocycles. The van der Waals surface area contributed by atoms with Crippen molar-refractivity contribution in [2.24, 2.45) is 0 Å². The Bertz CT molecular complexity index is 948. The highest BCUT2D eigenvalue weighted by atomic mass is 79.9. The minimum atomic E-state index is -0.275. The largest absolute Gasteiger partial charge is 0.338 e. The number of para-hydroxylation sites is 1. The van der Waals surface area contributed by atoms with Gasteiger partial charge in [-0.3, -0.25) is 4.57 Å². The summed E-state index contributed by atoms with van der Waals surface area (Å²) >= 11 is 4.80. The maximum absolute atomic E-state index is 13.2. The van der Waals surface area contributed by atoms with E-state index in [0.29, 0.717) is 28.7 Å². The summed E-state index contributed by atoms with van der Waals surface area (Å²) in [6.07, 6.45) is 0.865. The first-order chi connectivity index (χ1) is 13.6. The number of nitrogens with one attached hydrogen (secondary N) is 2. The minimum absolute atomic E-state index is 0.246. The number of carbonyl (C=O) groups is 1. The lowest BCUT2D eigenvalue weighted by atomic mass is 10.2. The van der Waals surface area contributed by atoms with E-state index in [1.165, 1.54) is 23.9 Å². The molecule has 3 aromatic rings. The van der Waals surface area contributed by atoms with Gasteiger partial charge in [0.2, 0.25) is 4.73 Å². The van der Waals surface area contributed by atoms with Gasteiger partial charge in [-0.2, -0.15) is 0 Å². The number of rotatable bonds is 7. The standard InChI is InChI=1S/C19H19BrFN5OS/c1-2-11-22-18(27)23-15-5-3-4-6-16(15)28-19-25-24-17(20)26(19)12-13-7-9-14(21)10-8-13/h3-10H,2,11-12H2,1H3,(H2,22,23,27). The molecular formula is C19H19BrFN5OS. The third-order valence-corrected chi connectivity index (χ3v) is 5.44. The normalized spacial score (nSPS) is 10.7. The van der Waals surface area contributed by atoms with Gasteiger partial charge in [-0.25, -0.2) is 9.18 Å². The molecular weight excluding hydrogens is 445 g/mol. The second kappa shape index (κ2) is 9.70. The monoisotopic (exact) mass is 463 g/mol. The van der Waals surface area contributed by atoms with Crippen LogP contribution in [0.4, 0.5) is 14.9 Å². The highest BCUT2D eigenvalue weighted by Crippen LogP contribution is 2.33. The van der Waals surface area contributed by atoms with Crippen molar-refractivity contribution in [2.75, 3.05) is 11.9 Å². The Morgan fingerprint density at radius 1 is 1.18 bits per heavy atom. The molecule has 0 saturated heterocycles. The van der Waals surface area contributed by atoms with Crippen LogP contribution in [0.3, 0.4) is 0 Å². The molecule has 9 heteroatoms. The molecule has 0 aliphatic heterocycles. The van der Waals surface area contributed by atoms with Crippen LogP contribution in [-0.4, -0.2) is 27.3 Å². The van der Waals surface area contributed by atoms with Crippen LogP contribution in [0, 0.1) is 5.82 Å². The van der Waals surface area contributed by atoms with Gasteiger partial charge in [0.1, 0.15) is 5.82 Å². The zero-order valence-corrected chi connectivity index (χ0v) is 17.6. The summed E-state index contributed by atoms with van der Waals surface area (Å²) in [6.45, 7) is 3.10. The van der Waals surface area contributed by atoms with E-state index in [1.54, 1.807) is 12.1 Å². The van der Waals surface area contributed by atoms with Crippen LogP contribution in [0.1, 0.15) is 18.9 Å². The lowest BCUT2D eigenvalue weighted by molar-refractivity contribution is 0.252. The molecule has 1 aromatic heterocycles. The fraction of sp³-hybridized carbons (Fsp3) is 0.211. The molecule has 28 heavy (non-hydrogen) atoms. The van der Waals surface area contributed by atoms with Gasteiger partial charge in [0, 0.05) is 11.4 Å². The third kappa shape index (κ3) is 5.32. The van der Waals surface area contributed by atoms with Gasteiger partial charge >= 0.3 is 6.03 Å². The first-order valence-corrected chi connectivity index (χ1v) is 10.3. The van der Waals surface area contributed by atoms with Crippen molar-refractivity contribution >= 4 is 39.4 Å². The van der Waals surface area contributed by atoms with Gasteiger partial charge in [-0.05, 0) is 63.9 Å². The van der Waals surface area contributed by atoms with Crippen molar-refractivity contribution in [3.8, 4) is 0 Å². The Labute approximate surface area is 175 Å². The summed E-state index contributed by atoms with van der Waals surface area (Å²) in [5.41, 5.74) is 1.61. The topological polar surface area (TPSA) is 71.8 Å². The van der Waals surface area contributed by atoms with Crippen LogP contribution < -0.4 is 10.6 Å². The summed E-state index contributed by atoms with van der Waals surface area (Å²) in [7, 11) is 0. The number of aromatic nitrogens is 3. The Morgan fingerprint density at radius 2 is 1.93 bits per heavy atom. The van der Waals surface area contributed by atoms with E-state index in [2.05, 4.69) is 36.8 Å². The number of hydrogen-bond acceptors (Lipinski definition) is 4. The molecule has 146 valence electrons. The summed E-state index contributed by atoms with van der Waals surface area (Å²) in [6, 6.07) is 13.6. The van der Waals surface area contributed by atoms with Crippen LogP contribution in [0.2, 0.25) is 0 Å². The second-order valence-electron chi connectivity index (χ2n) is 5.94. The number of amides is 2. The first-order valence-electron chi connectivity index (χ1n) is 8.71. The summed E-state index contributed by atoms with van der Waals surface area (Å²) < 4.78 is 15.6. The SMILES string of the molecule is CCCNC(=O)Nc1ccccc1Sc1nnc(Br)n1Cc1ccc(F)cc1. The Balaban J connectivity index is 1.79. The molecule has 6 nitrogen and oxygen atoms in total. The average Bonchev–Trinajstić information content (AvgIpc) is 3.03. The molecule has 0 unspecified atom stereocenters. The number of halogens is 2. The summed E-state index contributed by atoms with van der Waals surface area (Å²) in [5.74, 6) is -0.275. The molecule has 0 bridgehead atoms. The van der Waals surface area contributed by atoms with E-state index in [0.717, 1.165) is 16.9 Å². The lowest BCUT2D eigenvalue weighted by Gasteiger charge is -2.12. The van der Waals surface area contributed by atoms with Crippen LogP contribution in [-0.2, 0) is 6.54 Å². The van der Waals surface area contributed by atoms with Crippen molar-refractivity contribution in [3.63, 3.8) is 0 Å². The van der Waals surface area contributed by atoms with E-state index >= 15 is 0 Å². The van der Waals surface area contributed by atoms with Gasteiger partial charge in [0.05, 0.1) is 12.2 Å². The Hall–Kier alpha value is -2.39. The van der Waals surface area contributed by atoms with Gasteiger partial charge in [-0.1, -0.05) is 31.2 Å². The second-order valence-corrected chi connectivity index (χ2v) is 7.66. The number of hydrogen-bond donors (Lipinski definition) is 2. The molecule has 0 spiro atoms. The van der Waals surface area contributed by atoms with E-state index in [1.807, 2.05) is 35.8 Å². The highest BCUT2D eigenvalue weighted by Gasteiger charge is 2.15. The zero-order valence-electron chi connectivity index (χ0n) is 15.2. The molecule has 3 rings (SSSR count). The maximum atomic E-state index is 13.2. The first kappa shape index (κ1) is 20.3. The van der Waals surface area contributed by atoms with Crippen LogP contribution in [0.25, 0.3) is 0 Å². The van der Waals surface area contributed by atoms with Crippen LogP contribution in [0.5, 0.6) is 0 Å². The number of anilines is 1. The number of nitrogens with zero attached hydrogens (tertiary/aromatic N) is 3. The molecule has 0 atom stereocenters. The fourth-order valence-corrected chi connectivity index (χ4v) is 3.82. The molecule has 0 aliphatic carbocycles. The Kier molecular flexibility index (Phi) is 7.05. The Morgan fingerprint density at radius 3 is 2.68 bits per heavy atom. The van der Waals surface area contributed by atoms with Gasteiger partial charge in [-0.15, -0.1) is 10.2 Å². The fourth-order valence-electron chi connectivity index (χ4n) is 2.41. The van der Waals surface area contributed by atoms with Crippen molar-refractivity contribution < 1.29 is 9.18 Å². The highest BCUT2D eigenvalue weighted by molar-refractivity contribution is 9.10. The van der Waals surface area contributed by atoms with Crippen molar-refractivity contribution in [3.05, 3.63) is 64.6 Å². The third-order valence-electron chi connectivity index (χ3n) is 3.80. The molecule has 0 aliphatic rings. The van der Waals surface area contributed by atoms with Crippen molar-refractivity contribution in [1.82, 2.24) is 20.1 Å². The smallest absolute Gasteiger partial charge is 0.319 e. The van der Waals surface area contributed by atoms with Gasteiger partial charge in [0.25, 0.3) is 0 Å². The van der Waals surface area contributed by atoms with Gasteiger partial charge < -0.3 is 10.6 Å². The zero-order chi connectivity index (χ0) is 19.9. The lowest BCUT2D eigenvalue weighted by Crippen LogP contribution is -2.29. The molecule has 0 fully saturated rings. The molecule has 1 heterocycles. The number of carbonyl (C=O) groups excluding carboxylic acids is 1. The quantitative estimate of drug-likeness (QED) is 0.521. The van der Waals surface area contributed by atoms with Crippen LogP contribution >= 0.6 is 27.7 Å². The summed E-state index contributed by atoms with van der Waals surface area (Å²) in [4.78, 5) is 12.9. The predicted molar refractivity (Wildman–Crippen MR) is 111 cm³/mol. The molecule has 2 amide bonds.